The van der Waals surface area contributed by atoms with E-state index in [0.29, 0.717) is 25.8 Å². The summed E-state index contributed by atoms with van der Waals surface area (Å²) in [4.78, 5) is 17.2. The minimum absolute atomic E-state index is 0.00731. The largest absolute Gasteiger partial charge is 0.393 e. The monoisotopic (exact) mass is 378 g/mol. The number of pyridine rings is 1. The van der Waals surface area contributed by atoms with E-state index in [1.54, 1.807) is 0 Å². The van der Waals surface area contributed by atoms with Crippen LogP contribution in [-0.2, 0) is 11.3 Å². The molecule has 1 fully saturated rings. The molecule has 1 saturated carbocycles. The van der Waals surface area contributed by atoms with Crippen molar-refractivity contribution in [1.82, 2.24) is 20.1 Å². The first-order valence-corrected chi connectivity index (χ1v) is 9.83. The number of carbonyl (C=O) groups excluding carboxylic acids is 1. The Bertz CT molecular complexity index is 991. The molecule has 0 unspecified atom stereocenters. The molecule has 146 valence electrons. The average molecular weight is 378 g/mol. The maximum absolute atomic E-state index is 12.7. The van der Waals surface area contributed by atoms with Gasteiger partial charge in [0.25, 0.3) is 0 Å². The van der Waals surface area contributed by atoms with Crippen molar-refractivity contribution in [1.29, 1.82) is 0 Å². The second-order valence-corrected chi connectivity index (χ2v) is 7.79. The van der Waals surface area contributed by atoms with Crippen LogP contribution in [0.15, 0.2) is 42.6 Å². The first-order valence-electron chi connectivity index (χ1n) is 9.83. The van der Waals surface area contributed by atoms with E-state index >= 15 is 0 Å². The lowest BCUT2D eigenvalue weighted by Crippen LogP contribution is -2.41. The number of rotatable bonds is 6. The van der Waals surface area contributed by atoms with Crippen molar-refractivity contribution in [3.63, 3.8) is 0 Å². The highest BCUT2D eigenvalue weighted by Gasteiger charge is 2.35. The van der Waals surface area contributed by atoms with Crippen LogP contribution < -0.4 is 5.32 Å². The van der Waals surface area contributed by atoms with Gasteiger partial charge < -0.3 is 10.4 Å². The second-order valence-electron chi connectivity index (χ2n) is 7.79. The van der Waals surface area contributed by atoms with Gasteiger partial charge in [-0.25, -0.2) is 0 Å². The smallest absolute Gasteiger partial charge is 0.222 e. The van der Waals surface area contributed by atoms with E-state index in [-0.39, 0.29) is 24.0 Å². The van der Waals surface area contributed by atoms with Crippen LogP contribution in [0.5, 0.6) is 0 Å². The molecule has 28 heavy (non-hydrogen) atoms. The van der Waals surface area contributed by atoms with Gasteiger partial charge in [-0.05, 0) is 56.4 Å². The number of aliphatic hydroxyl groups excluding tert-OH is 1. The van der Waals surface area contributed by atoms with Gasteiger partial charge in [0, 0.05) is 30.2 Å². The van der Waals surface area contributed by atoms with Crippen LogP contribution in [0.1, 0.15) is 42.3 Å². The summed E-state index contributed by atoms with van der Waals surface area (Å²) in [6, 6.07) is 11.9. The third-order valence-corrected chi connectivity index (χ3v) is 5.56. The fraction of sp³-hybridized carbons (Fsp3) is 0.409. The summed E-state index contributed by atoms with van der Waals surface area (Å²) in [5.74, 6) is 0.225. The lowest BCUT2D eigenvalue weighted by molar-refractivity contribution is -0.123. The zero-order chi connectivity index (χ0) is 19.7. The topological polar surface area (TPSA) is 80.0 Å². The number of para-hydroxylation sites is 1. The van der Waals surface area contributed by atoms with Crippen molar-refractivity contribution in [3.05, 3.63) is 59.5 Å². The molecule has 3 aromatic rings. The predicted octanol–water partition coefficient (Wildman–Crippen LogP) is 3.07. The molecule has 0 radical (unpaired) electrons. The summed E-state index contributed by atoms with van der Waals surface area (Å²) in [6.45, 7) is 4.51. The van der Waals surface area contributed by atoms with Crippen LogP contribution in [0.2, 0.25) is 0 Å². The molecule has 6 heteroatoms. The van der Waals surface area contributed by atoms with Crippen molar-refractivity contribution in [3.8, 4) is 0 Å². The number of aromatic nitrogens is 3. The highest BCUT2D eigenvalue weighted by Crippen LogP contribution is 2.38. The van der Waals surface area contributed by atoms with Gasteiger partial charge in [0.05, 0.1) is 23.4 Å². The standard InChI is InChI=1S/C22H26N4O2/c1-14-9-15(2)26(25-14)8-7-21(28)24-22(17-11-19(27)12-17)18-10-16-5-3-4-6-20(16)23-13-18/h3-6,9-10,13,17,19,22,27H,7-8,11-12H2,1-2H3,(H,24,28)/t17?,19?,22-/m0/s1. The summed E-state index contributed by atoms with van der Waals surface area (Å²) in [7, 11) is 0. The van der Waals surface area contributed by atoms with Crippen LogP contribution in [0, 0.1) is 19.8 Å². The van der Waals surface area contributed by atoms with Crippen LogP contribution in [0.3, 0.4) is 0 Å². The second kappa shape index (κ2) is 7.72. The highest BCUT2D eigenvalue weighted by atomic mass is 16.3. The van der Waals surface area contributed by atoms with Crippen molar-refractivity contribution < 1.29 is 9.90 Å². The number of hydrogen-bond donors (Lipinski definition) is 2. The number of aliphatic hydroxyl groups is 1. The molecule has 2 N–H and O–H groups in total. The average Bonchev–Trinajstić information content (AvgIpc) is 2.99. The molecule has 0 bridgehead atoms. The minimum Gasteiger partial charge on any atom is -0.393 e. The highest BCUT2D eigenvalue weighted by molar-refractivity contribution is 5.80. The van der Waals surface area contributed by atoms with E-state index in [2.05, 4.69) is 21.5 Å². The molecular weight excluding hydrogens is 352 g/mol. The third-order valence-electron chi connectivity index (χ3n) is 5.56. The fourth-order valence-corrected chi connectivity index (χ4v) is 3.99. The number of amides is 1. The Balaban J connectivity index is 1.49. The molecule has 4 rings (SSSR count). The van der Waals surface area contributed by atoms with Gasteiger partial charge in [-0.2, -0.15) is 5.10 Å². The zero-order valence-electron chi connectivity index (χ0n) is 16.3. The van der Waals surface area contributed by atoms with Crippen molar-refractivity contribution in [2.75, 3.05) is 0 Å². The van der Waals surface area contributed by atoms with Gasteiger partial charge in [-0.1, -0.05) is 18.2 Å². The molecule has 2 aromatic heterocycles. The van der Waals surface area contributed by atoms with Crippen LogP contribution in [0.25, 0.3) is 10.9 Å². The minimum atomic E-state index is -0.271. The quantitative estimate of drug-likeness (QED) is 0.691. The van der Waals surface area contributed by atoms with Gasteiger partial charge in [0.1, 0.15) is 0 Å². The molecule has 0 saturated heterocycles. The van der Waals surface area contributed by atoms with E-state index in [4.69, 9.17) is 0 Å². The molecule has 1 aliphatic rings. The molecule has 1 amide bonds. The van der Waals surface area contributed by atoms with Gasteiger partial charge in [-0.15, -0.1) is 0 Å². The Labute approximate surface area is 164 Å². The molecule has 1 aromatic carbocycles. The number of benzene rings is 1. The SMILES string of the molecule is Cc1cc(C)n(CCC(=O)N[C@H](c2cnc3ccccc3c2)C2CC(O)C2)n1. The third kappa shape index (κ3) is 3.92. The summed E-state index contributed by atoms with van der Waals surface area (Å²) in [6.07, 6.45) is 3.35. The summed E-state index contributed by atoms with van der Waals surface area (Å²) >= 11 is 0. The Kier molecular flexibility index (Phi) is 5.13. The molecule has 0 spiro atoms. The Morgan fingerprint density at radius 2 is 2.07 bits per heavy atom. The fourth-order valence-electron chi connectivity index (χ4n) is 3.99. The maximum Gasteiger partial charge on any atom is 0.222 e. The Morgan fingerprint density at radius 1 is 1.29 bits per heavy atom. The number of aryl methyl sites for hydroxylation is 3. The molecule has 2 heterocycles. The number of carbonyl (C=O) groups is 1. The van der Waals surface area contributed by atoms with E-state index in [1.807, 2.05) is 55.1 Å². The van der Waals surface area contributed by atoms with Gasteiger partial charge in [-0.3, -0.25) is 14.5 Å². The lowest BCUT2D eigenvalue weighted by atomic mass is 9.75. The summed E-state index contributed by atoms with van der Waals surface area (Å²) in [5.41, 5.74) is 3.95. The normalized spacial score (nSPS) is 20.0. The molecule has 1 atom stereocenters. The number of hydrogen-bond acceptors (Lipinski definition) is 4. The van der Waals surface area contributed by atoms with Crippen LogP contribution in [0.4, 0.5) is 0 Å². The van der Waals surface area contributed by atoms with Crippen molar-refractivity contribution >= 4 is 16.8 Å². The van der Waals surface area contributed by atoms with E-state index in [1.165, 1.54) is 0 Å². The van der Waals surface area contributed by atoms with Gasteiger partial charge in [0.15, 0.2) is 0 Å². The Morgan fingerprint density at radius 3 is 2.79 bits per heavy atom. The van der Waals surface area contributed by atoms with Crippen molar-refractivity contribution in [2.45, 2.75) is 51.8 Å². The van der Waals surface area contributed by atoms with E-state index in [9.17, 15) is 9.90 Å². The summed E-state index contributed by atoms with van der Waals surface area (Å²) in [5, 5.41) is 18.4. The maximum atomic E-state index is 12.7. The first-order chi connectivity index (χ1) is 13.5. The van der Waals surface area contributed by atoms with Gasteiger partial charge >= 0.3 is 0 Å². The van der Waals surface area contributed by atoms with Crippen molar-refractivity contribution in [2.24, 2.45) is 5.92 Å². The Hall–Kier alpha value is -2.73. The lowest BCUT2D eigenvalue weighted by Gasteiger charge is -2.38. The molecule has 1 aliphatic carbocycles. The number of fused-ring (bicyclic) bond motifs is 1. The van der Waals surface area contributed by atoms with Crippen LogP contribution >= 0.6 is 0 Å². The first kappa shape index (κ1) is 18.6. The predicted molar refractivity (Wildman–Crippen MR) is 108 cm³/mol. The summed E-state index contributed by atoms with van der Waals surface area (Å²) < 4.78 is 1.87. The molecule has 0 aliphatic heterocycles. The zero-order valence-corrected chi connectivity index (χ0v) is 16.3. The number of nitrogens with one attached hydrogen (secondary N) is 1. The van der Waals surface area contributed by atoms with E-state index < -0.39 is 0 Å². The molecular formula is C22H26N4O2. The van der Waals surface area contributed by atoms with Gasteiger partial charge in [0.2, 0.25) is 5.91 Å². The molecule has 6 nitrogen and oxygen atoms in total. The number of nitrogens with zero attached hydrogens (tertiary/aromatic N) is 3. The van der Waals surface area contributed by atoms with E-state index in [0.717, 1.165) is 27.9 Å². The van der Waals surface area contributed by atoms with Crippen LogP contribution in [-0.4, -0.2) is 31.9 Å².